The zero-order valence-corrected chi connectivity index (χ0v) is 8.96. The highest BCUT2D eigenvalue weighted by molar-refractivity contribution is 5.30. The summed E-state index contributed by atoms with van der Waals surface area (Å²) >= 11 is 0. The zero-order chi connectivity index (χ0) is 12.3. The summed E-state index contributed by atoms with van der Waals surface area (Å²) in [5.41, 5.74) is -0.261. The Balaban J connectivity index is 2.16. The van der Waals surface area contributed by atoms with E-state index >= 15 is 0 Å². The first kappa shape index (κ1) is 11.7. The van der Waals surface area contributed by atoms with E-state index in [1.165, 1.54) is 12.1 Å². The summed E-state index contributed by atoms with van der Waals surface area (Å²) in [6.45, 7) is 0. The van der Waals surface area contributed by atoms with Crippen LogP contribution in [0.25, 0.3) is 0 Å². The van der Waals surface area contributed by atoms with Crippen molar-refractivity contribution in [3.63, 3.8) is 0 Å². The minimum atomic E-state index is -4.29. The van der Waals surface area contributed by atoms with Crippen molar-refractivity contribution < 1.29 is 13.2 Å². The molecule has 0 atom stereocenters. The molecule has 1 N–H and O–H groups in total. The Morgan fingerprint density at radius 1 is 1.12 bits per heavy atom. The fourth-order valence-electron chi connectivity index (χ4n) is 1.70. The van der Waals surface area contributed by atoms with Gasteiger partial charge in [0.15, 0.2) is 0 Å². The van der Waals surface area contributed by atoms with Crippen molar-refractivity contribution >= 4 is 0 Å². The van der Waals surface area contributed by atoms with Gasteiger partial charge in [-0.05, 0) is 18.1 Å². The molecule has 0 spiro atoms. The summed E-state index contributed by atoms with van der Waals surface area (Å²) in [7, 11) is 0. The SMILES string of the molecule is FC(F)(F)c1ccccc1CCc1ncc[nH]1. The van der Waals surface area contributed by atoms with Crippen molar-refractivity contribution in [3.8, 4) is 0 Å². The van der Waals surface area contributed by atoms with Crippen molar-refractivity contribution in [2.75, 3.05) is 0 Å². The second-order valence-electron chi connectivity index (χ2n) is 3.69. The highest BCUT2D eigenvalue weighted by atomic mass is 19.4. The van der Waals surface area contributed by atoms with Gasteiger partial charge in [0.25, 0.3) is 0 Å². The molecule has 0 saturated heterocycles. The molecular weight excluding hydrogens is 229 g/mol. The fourth-order valence-corrected chi connectivity index (χ4v) is 1.70. The average Bonchev–Trinajstić information content (AvgIpc) is 2.78. The van der Waals surface area contributed by atoms with Gasteiger partial charge >= 0.3 is 6.18 Å². The summed E-state index contributed by atoms with van der Waals surface area (Å²) in [6, 6.07) is 5.63. The van der Waals surface area contributed by atoms with Crippen molar-refractivity contribution in [3.05, 3.63) is 53.6 Å². The number of hydrogen-bond donors (Lipinski definition) is 1. The molecule has 90 valence electrons. The molecule has 0 saturated carbocycles. The Labute approximate surface area is 96.5 Å². The van der Waals surface area contributed by atoms with Gasteiger partial charge < -0.3 is 4.98 Å². The number of nitrogens with one attached hydrogen (secondary N) is 1. The number of aryl methyl sites for hydroxylation is 2. The lowest BCUT2D eigenvalue weighted by Crippen LogP contribution is -2.09. The van der Waals surface area contributed by atoms with E-state index < -0.39 is 11.7 Å². The largest absolute Gasteiger partial charge is 0.416 e. The molecule has 0 fully saturated rings. The normalized spacial score (nSPS) is 11.7. The minimum absolute atomic E-state index is 0.302. The summed E-state index contributed by atoms with van der Waals surface area (Å²) < 4.78 is 38.1. The van der Waals surface area contributed by atoms with E-state index in [4.69, 9.17) is 0 Å². The molecule has 0 amide bonds. The molecule has 1 heterocycles. The Morgan fingerprint density at radius 3 is 2.53 bits per heavy atom. The molecular formula is C12H11F3N2. The molecule has 0 aliphatic heterocycles. The van der Waals surface area contributed by atoms with E-state index in [2.05, 4.69) is 9.97 Å². The summed E-state index contributed by atoms with van der Waals surface area (Å²) in [6.07, 6.45) is -0.251. The number of hydrogen-bond acceptors (Lipinski definition) is 1. The number of imidazole rings is 1. The van der Waals surface area contributed by atoms with Crippen LogP contribution >= 0.6 is 0 Å². The van der Waals surface area contributed by atoms with Crippen LogP contribution in [-0.2, 0) is 19.0 Å². The van der Waals surface area contributed by atoms with Gasteiger partial charge in [0.1, 0.15) is 5.82 Å². The number of aromatic amines is 1. The van der Waals surface area contributed by atoms with Crippen LogP contribution in [0.4, 0.5) is 13.2 Å². The number of alkyl halides is 3. The maximum absolute atomic E-state index is 12.7. The van der Waals surface area contributed by atoms with E-state index in [1.54, 1.807) is 18.5 Å². The fraction of sp³-hybridized carbons (Fsp3) is 0.250. The Morgan fingerprint density at radius 2 is 1.88 bits per heavy atom. The molecule has 0 aliphatic rings. The minimum Gasteiger partial charge on any atom is -0.349 e. The monoisotopic (exact) mass is 240 g/mol. The maximum Gasteiger partial charge on any atom is 0.416 e. The molecule has 2 aromatic rings. The van der Waals surface area contributed by atoms with E-state index in [1.807, 2.05) is 0 Å². The Kier molecular flexibility index (Phi) is 3.17. The van der Waals surface area contributed by atoms with Crippen molar-refractivity contribution in [2.24, 2.45) is 0 Å². The highest BCUT2D eigenvalue weighted by Crippen LogP contribution is 2.32. The van der Waals surface area contributed by atoms with Gasteiger partial charge in [0.05, 0.1) is 5.56 Å². The van der Waals surface area contributed by atoms with Gasteiger partial charge in [-0.15, -0.1) is 0 Å². The number of benzene rings is 1. The molecule has 0 aliphatic carbocycles. The molecule has 0 bridgehead atoms. The van der Waals surface area contributed by atoms with Crippen LogP contribution in [0.1, 0.15) is 17.0 Å². The zero-order valence-electron chi connectivity index (χ0n) is 8.96. The molecule has 0 unspecified atom stereocenters. The lowest BCUT2D eigenvalue weighted by atomic mass is 10.0. The summed E-state index contributed by atoms with van der Waals surface area (Å²) in [5, 5.41) is 0. The van der Waals surface area contributed by atoms with Gasteiger partial charge in [-0.1, -0.05) is 18.2 Å². The summed E-state index contributed by atoms with van der Waals surface area (Å²) in [4.78, 5) is 6.86. The van der Waals surface area contributed by atoms with Crippen LogP contribution in [-0.4, -0.2) is 9.97 Å². The molecule has 1 aromatic carbocycles. The first-order valence-corrected chi connectivity index (χ1v) is 5.21. The number of H-pyrrole nitrogens is 1. The lowest BCUT2D eigenvalue weighted by molar-refractivity contribution is -0.138. The second kappa shape index (κ2) is 4.61. The van der Waals surface area contributed by atoms with Crippen molar-refractivity contribution in [1.82, 2.24) is 9.97 Å². The van der Waals surface area contributed by atoms with Crippen molar-refractivity contribution in [2.45, 2.75) is 19.0 Å². The van der Waals surface area contributed by atoms with E-state index in [9.17, 15) is 13.2 Å². The van der Waals surface area contributed by atoms with Gasteiger partial charge in [-0.25, -0.2) is 4.98 Å². The Hall–Kier alpha value is -1.78. The first-order valence-electron chi connectivity index (χ1n) is 5.21. The van der Waals surface area contributed by atoms with Crippen LogP contribution < -0.4 is 0 Å². The number of aromatic nitrogens is 2. The van der Waals surface area contributed by atoms with Crippen LogP contribution in [0.15, 0.2) is 36.7 Å². The quantitative estimate of drug-likeness (QED) is 0.876. The predicted molar refractivity (Wildman–Crippen MR) is 57.4 cm³/mol. The van der Waals surface area contributed by atoms with Gasteiger partial charge in [0, 0.05) is 18.8 Å². The molecule has 17 heavy (non-hydrogen) atoms. The third kappa shape index (κ3) is 2.87. The summed E-state index contributed by atoms with van der Waals surface area (Å²) in [5.74, 6) is 0.696. The van der Waals surface area contributed by atoms with Crippen molar-refractivity contribution in [1.29, 1.82) is 0 Å². The topological polar surface area (TPSA) is 28.7 Å². The lowest BCUT2D eigenvalue weighted by Gasteiger charge is -2.11. The van der Waals surface area contributed by atoms with E-state index in [-0.39, 0.29) is 0 Å². The van der Waals surface area contributed by atoms with Gasteiger partial charge in [0.2, 0.25) is 0 Å². The van der Waals surface area contributed by atoms with E-state index in [0.717, 1.165) is 6.07 Å². The molecule has 5 heteroatoms. The van der Waals surface area contributed by atoms with Crippen LogP contribution in [0, 0.1) is 0 Å². The molecule has 1 aromatic heterocycles. The van der Waals surface area contributed by atoms with Crippen LogP contribution in [0.2, 0.25) is 0 Å². The highest BCUT2D eigenvalue weighted by Gasteiger charge is 2.32. The number of rotatable bonds is 3. The standard InChI is InChI=1S/C12H11F3N2/c13-12(14,15)10-4-2-1-3-9(10)5-6-11-16-7-8-17-11/h1-4,7-8H,5-6H2,(H,16,17). The molecule has 2 rings (SSSR count). The van der Waals surface area contributed by atoms with E-state index in [0.29, 0.717) is 24.2 Å². The molecule has 2 nitrogen and oxygen atoms in total. The third-order valence-corrected chi connectivity index (χ3v) is 2.51. The smallest absolute Gasteiger partial charge is 0.349 e. The third-order valence-electron chi connectivity index (χ3n) is 2.51. The predicted octanol–water partition coefficient (Wildman–Crippen LogP) is 3.21. The van der Waals surface area contributed by atoms with Gasteiger partial charge in [-0.2, -0.15) is 13.2 Å². The second-order valence-corrected chi connectivity index (χ2v) is 3.69. The first-order chi connectivity index (χ1) is 8.07. The Bertz CT molecular complexity index is 475. The van der Waals surface area contributed by atoms with Gasteiger partial charge in [-0.3, -0.25) is 0 Å². The maximum atomic E-state index is 12.7. The number of halogens is 3. The number of nitrogens with zero attached hydrogens (tertiary/aromatic N) is 1. The molecule has 0 radical (unpaired) electrons. The van der Waals surface area contributed by atoms with Crippen LogP contribution in [0.3, 0.4) is 0 Å². The van der Waals surface area contributed by atoms with Crippen LogP contribution in [0.5, 0.6) is 0 Å². The average molecular weight is 240 g/mol.